The van der Waals surface area contributed by atoms with Gasteiger partial charge in [0.15, 0.2) is 0 Å². The molecule has 1 aromatic heterocycles. The van der Waals surface area contributed by atoms with Crippen LogP contribution in [0.25, 0.3) is 11.3 Å². The van der Waals surface area contributed by atoms with Crippen LogP contribution in [0, 0.1) is 0 Å². The fourth-order valence-electron chi connectivity index (χ4n) is 1.57. The monoisotopic (exact) mass is 339 g/mol. The fourth-order valence-corrected chi connectivity index (χ4v) is 2.64. The molecule has 0 aliphatic carbocycles. The number of halogens is 2. The first-order valence-electron chi connectivity index (χ1n) is 5.00. The average Bonchev–Trinajstić information content (AvgIpc) is 2.39. The molecule has 0 amide bonds. The summed E-state index contributed by atoms with van der Waals surface area (Å²) in [6.45, 7) is 0. The van der Waals surface area contributed by atoms with Crippen molar-refractivity contribution >= 4 is 31.9 Å². The van der Waals surface area contributed by atoms with Crippen LogP contribution in [0.15, 0.2) is 42.6 Å². The molecule has 0 saturated carbocycles. The Kier molecular flexibility index (Phi) is 4.13. The molecule has 1 aromatic carbocycles. The van der Waals surface area contributed by atoms with Gasteiger partial charge in [-0.2, -0.15) is 0 Å². The van der Waals surface area contributed by atoms with Gasteiger partial charge in [-0.1, -0.05) is 50.1 Å². The molecule has 0 spiro atoms. The Balaban J connectivity index is 2.44. The third-order valence-corrected chi connectivity index (χ3v) is 3.66. The third kappa shape index (κ3) is 2.53. The smallest absolute Gasteiger partial charge is 0.0702 e. The maximum atomic E-state index is 4.35. The number of hydrogen-bond acceptors (Lipinski definition) is 1. The summed E-state index contributed by atoms with van der Waals surface area (Å²) in [6.07, 6.45) is 1.82. The summed E-state index contributed by atoms with van der Waals surface area (Å²) >= 11 is 7.01. The van der Waals surface area contributed by atoms with Crippen LogP contribution in [0.2, 0.25) is 0 Å². The Hall–Kier alpha value is -0.670. The maximum absolute atomic E-state index is 4.35. The maximum Gasteiger partial charge on any atom is 0.0702 e. The third-order valence-electron chi connectivity index (χ3n) is 2.45. The lowest BCUT2D eigenvalue weighted by Gasteiger charge is -2.07. The van der Waals surface area contributed by atoms with Gasteiger partial charge in [0.25, 0.3) is 0 Å². The Morgan fingerprint density at radius 3 is 2.38 bits per heavy atom. The van der Waals surface area contributed by atoms with E-state index in [0.29, 0.717) is 0 Å². The molecule has 3 heteroatoms. The lowest BCUT2D eigenvalue weighted by Crippen LogP contribution is -1.90. The molecule has 2 aromatic rings. The highest BCUT2D eigenvalue weighted by Gasteiger charge is 2.04. The lowest BCUT2D eigenvalue weighted by atomic mass is 10.0. The van der Waals surface area contributed by atoms with E-state index in [0.717, 1.165) is 16.4 Å². The molecule has 0 saturated heterocycles. The number of alkyl halides is 2. The van der Waals surface area contributed by atoms with Gasteiger partial charge in [0, 0.05) is 22.4 Å². The molecule has 0 radical (unpaired) electrons. The molecular formula is C13H11Br2N. The Labute approximate surface area is 112 Å². The predicted octanol–water partition coefficient (Wildman–Crippen LogP) is 4.54. The number of benzene rings is 1. The number of pyridine rings is 1. The first-order valence-corrected chi connectivity index (χ1v) is 7.24. The van der Waals surface area contributed by atoms with Gasteiger partial charge in [0.1, 0.15) is 0 Å². The molecule has 0 fully saturated rings. The predicted molar refractivity (Wildman–Crippen MR) is 74.9 cm³/mol. The molecule has 0 N–H and O–H groups in total. The number of hydrogen-bond donors (Lipinski definition) is 0. The van der Waals surface area contributed by atoms with Crippen molar-refractivity contribution in [3.8, 4) is 11.3 Å². The van der Waals surface area contributed by atoms with Crippen molar-refractivity contribution in [2.45, 2.75) is 10.7 Å². The first-order chi connectivity index (χ1) is 7.85. The number of rotatable bonds is 3. The van der Waals surface area contributed by atoms with E-state index in [1.807, 2.05) is 24.4 Å². The highest BCUT2D eigenvalue weighted by atomic mass is 79.9. The molecule has 82 valence electrons. The normalized spacial score (nSPS) is 10.4. The summed E-state index contributed by atoms with van der Waals surface area (Å²) in [4.78, 5) is 4.35. The van der Waals surface area contributed by atoms with Crippen LogP contribution >= 0.6 is 31.9 Å². The molecule has 1 heterocycles. The zero-order valence-corrected chi connectivity index (χ0v) is 11.8. The largest absolute Gasteiger partial charge is 0.256 e. The molecule has 0 aliphatic heterocycles. The van der Waals surface area contributed by atoms with Gasteiger partial charge in [-0.05, 0) is 29.3 Å². The quantitative estimate of drug-likeness (QED) is 0.747. The van der Waals surface area contributed by atoms with Crippen LogP contribution in [-0.4, -0.2) is 4.98 Å². The van der Waals surface area contributed by atoms with Crippen molar-refractivity contribution in [3.63, 3.8) is 0 Å². The topological polar surface area (TPSA) is 12.9 Å². The minimum atomic E-state index is 0.870. The van der Waals surface area contributed by atoms with Crippen LogP contribution in [0.3, 0.4) is 0 Å². The van der Waals surface area contributed by atoms with Crippen molar-refractivity contribution in [1.82, 2.24) is 4.98 Å². The van der Waals surface area contributed by atoms with Gasteiger partial charge in [-0.3, -0.25) is 4.98 Å². The van der Waals surface area contributed by atoms with Crippen LogP contribution in [-0.2, 0) is 10.7 Å². The SMILES string of the molecule is BrCc1ccc(-c2ccccn2)cc1CBr. The molecule has 0 atom stereocenters. The van der Waals surface area contributed by atoms with E-state index >= 15 is 0 Å². The molecule has 2 rings (SSSR count). The second-order valence-corrected chi connectivity index (χ2v) is 4.59. The summed E-state index contributed by atoms with van der Waals surface area (Å²) in [7, 11) is 0. The van der Waals surface area contributed by atoms with Gasteiger partial charge >= 0.3 is 0 Å². The van der Waals surface area contributed by atoms with Crippen LogP contribution in [0.5, 0.6) is 0 Å². The van der Waals surface area contributed by atoms with E-state index in [4.69, 9.17) is 0 Å². The van der Waals surface area contributed by atoms with Crippen molar-refractivity contribution in [2.75, 3.05) is 0 Å². The van der Waals surface area contributed by atoms with Gasteiger partial charge in [-0.15, -0.1) is 0 Å². The highest BCUT2D eigenvalue weighted by Crippen LogP contribution is 2.23. The summed E-state index contributed by atoms with van der Waals surface area (Å²) in [5, 5.41) is 1.75. The van der Waals surface area contributed by atoms with E-state index in [-0.39, 0.29) is 0 Å². The van der Waals surface area contributed by atoms with Gasteiger partial charge in [0.2, 0.25) is 0 Å². The van der Waals surface area contributed by atoms with E-state index < -0.39 is 0 Å². The molecule has 1 nitrogen and oxygen atoms in total. The van der Waals surface area contributed by atoms with Gasteiger partial charge < -0.3 is 0 Å². The van der Waals surface area contributed by atoms with Crippen LogP contribution < -0.4 is 0 Å². The average molecular weight is 341 g/mol. The Morgan fingerprint density at radius 2 is 1.75 bits per heavy atom. The number of nitrogens with zero attached hydrogens (tertiary/aromatic N) is 1. The zero-order valence-electron chi connectivity index (χ0n) is 8.66. The van der Waals surface area contributed by atoms with Crippen molar-refractivity contribution in [2.24, 2.45) is 0 Å². The fraction of sp³-hybridized carbons (Fsp3) is 0.154. The van der Waals surface area contributed by atoms with Crippen LogP contribution in [0.1, 0.15) is 11.1 Å². The zero-order chi connectivity index (χ0) is 11.4. The first kappa shape index (κ1) is 11.8. The molecule has 16 heavy (non-hydrogen) atoms. The van der Waals surface area contributed by atoms with Crippen LogP contribution in [0.4, 0.5) is 0 Å². The molecule has 0 unspecified atom stereocenters. The highest BCUT2D eigenvalue weighted by molar-refractivity contribution is 9.09. The van der Waals surface area contributed by atoms with E-state index in [2.05, 4.69) is 55.0 Å². The molecule has 0 aliphatic rings. The second-order valence-electron chi connectivity index (χ2n) is 3.47. The van der Waals surface area contributed by atoms with Crippen molar-refractivity contribution in [3.05, 3.63) is 53.7 Å². The van der Waals surface area contributed by atoms with E-state index in [1.54, 1.807) is 0 Å². The van der Waals surface area contributed by atoms with E-state index in [9.17, 15) is 0 Å². The second kappa shape index (κ2) is 5.60. The summed E-state index contributed by atoms with van der Waals surface area (Å²) < 4.78 is 0. The summed E-state index contributed by atoms with van der Waals surface area (Å²) in [5.41, 5.74) is 4.81. The molecule has 0 bridgehead atoms. The standard InChI is InChI=1S/C13H11Br2N/c14-8-11-5-4-10(7-12(11)9-15)13-3-1-2-6-16-13/h1-7H,8-9H2. The van der Waals surface area contributed by atoms with Crippen molar-refractivity contribution in [1.29, 1.82) is 0 Å². The minimum Gasteiger partial charge on any atom is -0.256 e. The Bertz CT molecular complexity index is 469. The van der Waals surface area contributed by atoms with Gasteiger partial charge in [0.05, 0.1) is 5.69 Å². The minimum absolute atomic E-state index is 0.870. The summed E-state index contributed by atoms with van der Waals surface area (Å²) in [5.74, 6) is 0. The van der Waals surface area contributed by atoms with Crippen molar-refractivity contribution < 1.29 is 0 Å². The number of aromatic nitrogens is 1. The molecular weight excluding hydrogens is 330 g/mol. The Morgan fingerprint density at radius 1 is 0.938 bits per heavy atom. The van der Waals surface area contributed by atoms with E-state index in [1.165, 1.54) is 16.7 Å². The summed E-state index contributed by atoms with van der Waals surface area (Å²) in [6, 6.07) is 12.4. The van der Waals surface area contributed by atoms with Gasteiger partial charge in [-0.25, -0.2) is 0 Å². The lowest BCUT2D eigenvalue weighted by molar-refractivity contribution is 1.28.